The third-order valence-electron chi connectivity index (χ3n) is 2.86. The number of pyridine rings is 1. The molecular weight excluding hydrogens is 246 g/mol. The van der Waals surface area contributed by atoms with Crippen molar-refractivity contribution < 1.29 is 14.3 Å². The number of aromatic nitrogens is 1. The molecule has 1 aliphatic rings. The third kappa shape index (κ3) is 4.03. The second kappa shape index (κ2) is 6.84. The Hall–Kier alpha value is -1.95. The molecule has 2 N–H and O–H groups in total. The van der Waals surface area contributed by atoms with Gasteiger partial charge in [-0.2, -0.15) is 0 Å². The van der Waals surface area contributed by atoms with Crippen LogP contribution in [0.3, 0.4) is 0 Å². The largest absolute Gasteiger partial charge is 0.368 e. The van der Waals surface area contributed by atoms with E-state index in [1.165, 1.54) is 6.20 Å². The molecule has 1 aromatic rings. The average Bonchev–Trinajstić information content (AvgIpc) is 2.98. The molecule has 6 nitrogen and oxygen atoms in total. The summed E-state index contributed by atoms with van der Waals surface area (Å²) in [5.74, 6) is -0.299. The quantitative estimate of drug-likeness (QED) is 0.739. The van der Waals surface area contributed by atoms with Crippen LogP contribution >= 0.6 is 0 Å². The number of nitrogens with zero attached hydrogens (tertiary/aromatic N) is 1. The molecule has 102 valence electrons. The normalized spacial score (nSPS) is 18.0. The van der Waals surface area contributed by atoms with Crippen molar-refractivity contribution in [2.24, 2.45) is 0 Å². The first-order valence-electron chi connectivity index (χ1n) is 6.35. The van der Waals surface area contributed by atoms with Crippen LogP contribution in [0.1, 0.15) is 23.2 Å². The monoisotopic (exact) mass is 263 g/mol. The lowest BCUT2D eigenvalue weighted by Crippen LogP contribution is -2.39. The highest BCUT2D eigenvalue weighted by Gasteiger charge is 2.22. The van der Waals surface area contributed by atoms with Crippen molar-refractivity contribution in [3.05, 3.63) is 30.1 Å². The van der Waals surface area contributed by atoms with E-state index in [1.807, 2.05) is 0 Å². The third-order valence-corrected chi connectivity index (χ3v) is 2.86. The number of carbonyl (C=O) groups excluding carboxylic acids is 2. The first-order valence-corrected chi connectivity index (χ1v) is 6.35. The van der Waals surface area contributed by atoms with Crippen LogP contribution in [-0.2, 0) is 9.53 Å². The summed E-state index contributed by atoms with van der Waals surface area (Å²) in [5, 5.41) is 5.45. The maximum absolute atomic E-state index is 11.7. The number of carbonyl (C=O) groups is 2. The van der Waals surface area contributed by atoms with Gasteiger partial charge in [0.05, 0.1) is 5.56 Å². The van der Waals surface area contributed by atoms with Gasteiger partial charge in [-0.05, 0) is 25.0 Å². The second-order valence-corrected chi connectivity index (χ2v) is 4.29. The van der Waals surface area contributed by atoms with Gasteiger partial charge >= 0.3 is 0 Å². The number of rotatable bonds is 5. The van der Waals surface area contributed by atoms with Gasteiger partial charge in [-0.1, -0.05) is 0 Å². The zero-order valence-corrected chi connectivity index (χ0v) is 10.6. The van der Waals surface area contributed by atoms with Gasteiger partial charge in [0.25, 0.3) is 5.91 Å². The van der Waals surface area contributed by atoms with Gasteiger partial charge in [0.2, 0.25) is 5.91 Å². The number of ether oxygens (including phenoxy) is 1. The Kier molecular flexibility index (Phi) is 4.85. The molecule has 0 spiro atoms. The molecule has 2 rings (SSSR count). The summed E-state index contributed by atoms with van der Waals surface area (Å²) >= 11 is 0. The first-order chi connectivity index (χ1) is 9.27. The van der Waals surface area contributed by atoms with Crippen molar-refractivity contribution in [2.45, 2.75) is 18.9 Å². The maximum Gasteiger partial charge on any atom is 0.252 e. The van der Waals surface area contributed by atoms with Crippen molar-refractivity contribution >= 4 is 11.8 Å². The van der Waals surface area contributed by atoms with Crippen LogP contribution in [0.4, 0.5) is 0 Å². The summed E-state index contributed by atoms with van der Waals surface area (Å²) in [5.41, 5.74) is 0.507. The van der Waals surface area contributed by atoms with Crippen LogP contribution in [0.5, 0.6) is 0 Å². The maximum atomic E-state index is 11.7. The Morgan fingerprint density at radius 3 is 2.89 bits per heavy atom. The van der Waals surface area contributed by atoms with E-state index in [9.17, 15) is 9.59 Å². The highest BCUT2D eigenvalue weighted by Crippen LogP contribution is 2.11. The van der Waals surface area contributed by atoms with Gasteiger partial charge in [-0.3, -0.25) is 14.6 Å². The molecule has 0 aliphatic carbocycles. The molecule has 1 aliphatic heterocycles. The van der Waals surface area contributed by atoms with Crippen LogP contribution in [0.25, 0.3) is 0 Å². The molecule has 0 aromatic carbocycles. The Labute approximate surface area is 111 Å². The molecule has 0 saturated carbocycles. The topological polar surface area (TPSA) is 80.3 Å². The smallest absolute Gasteiger partial charge is 0.252 e. The van der Waals surface area contributed by atoms with E-state index in [4.69, 9.17) is 4.74 Å². The van der Waals surface area contributed by atoms with Crippen molar-refractivity contribution in [1.82, 2.24) is 15.6 Å². The summed E-state index contributed by atoms with van der Waals surface area (Å²) in [6.45, 7) is 1.42. The molecule has 1 aromatic heterocycles. The van der Waals surface area contributed by atoms with E-state index in [0.717, 1.165) is 12.8 Å². The van der Waals surface area contributed by atoms with E-state index in [-0.39, 0.29) is 17.9 Å². The summed E-state index contributed by atoms with van der Waals surface area (Å²) in [7, 11) is 0. The molecule has 6 heteroatoms. The van der Waals surface area contributed by atoms with Gasteiger partial charge in [-0.25, -0.2) is 0 Å². The number of amides is 2. The van der Waals surface area contributed by atoms with Crippen molar-refractivity contribution in [2.75, 3.05) is 19.7 Å². The van der Waals surface area contributed by atoms with E-state index in [0.29, 0.717) is 25.3 Å². The summed E-state index contributed by atoms with van der Waals surface area (Å²) in [6, 6.07) is 3.39. The van der Waals surface area contributed by atoms with Crippen LogP contribution in [0.2, 0.25) is 0 Å². The molecule has 1 unspecified atom stereocenters. The summed E-state index contributed by atoms with van der Waals surface area (Å²) < 4.78 is 5.25. The number of hydrogen-bond donors (Lipinski definition) is 2. The van der Waals surface area contributed by atoms with Gasteiger partial charge in [0, 0.05) is 32.1 Å². The predicted molar refractivity (Wildman–Crippen MR) is 68.6 cm³/mol. The fourth-order valence-electron chi connectivity index (χ4n) is 1.86. The molecule has 19 heavy (non-hydrogen) atoms. The van der Waals surface area contributed by atoms with Crippen molar-refractivity contribution in [3.63, 3.8) is 0 Å². The SMILES string of the molecule is O=C(NCCNC(=O)C1CCCO1)c1cccnc1. The molecule has 2 amide bonds. The lowest BCUT2D eigenvalue weighted by molar-refractivity contribution is -0.129. The minimum Gasteiger partial charge on any atom is -0.368 e. The predicted octanol–water partition coefficient (Wildman–Crippen LogP) is 0.107. The molecule has 0 bridgehead atoms. The van der Waals surface area contributed by atoms with Crippen LogP contribution in [-0.4, -0.2) is 42.6 Å². The van der Waals surface area contributed by atoms with Gasteiger partial charge in [-0.15, -0.1) is 0 Å². The lowest BCUT2D eigenvalue weighted by atomic mass is 10.2. The van der Waals surface area contributed by atoms with Crippen LogP contribution < -0.4 is 10.6 Å². The minimum absolute atomic E-state index is 0.104. The lowest BCUT2D eigenvalue weighted by Gasteiger charge is -2.10. The molecule has 1 fully saturated rings. The Morgan fingerprint density at radius 2 is 2.21 bits per heavy atom. The molecule has 0 radical (unpaired) electrons. The van der Waals surface area contributed by atoms with Crippen LogP contribution in [0.15, 0.2) is 24.5 Å². The Bertz CT molecular complexity index is 430. The molecule has 1 atom stereocenters. The second-order valence-electron chi connectivity index (χ2n) is 4.29. The van der Waals surface area contributed by atoms with E-state index >= 15 is 0 Å². The molecule has 1 saturated heterocycles. The number of hydrogen-bond acceptors (Lipinski definition) is 4. The highest BCUT2D eigenvalue weighted by molar-refractivity contribution is 5.93. The highest BCUT2D eigenvalue weighted by atomic mass is 16.5. The zero-order chi connectivity index (χ0) is 13.5. The Morgan fingerprint density at radius 1 is 1.37 bits per heavy atom. The first kappa shape index (κ1) is 13.5. The number of nitrogens with one attached hydrogen (secondary N) is 2. The van der Waals surface area contributed by atoms with Crippen LogP contribution in [0, 0.1) is 0 Å². The minimum atomic E-state index is -0.325. The summed E-state index contributed by atoms with van der Waals surface area (Å²) in [6.07, 6.45) is 4.48. The summed E-state index contributed by atoms with van der Waals surface area (Å²) in [4.78, 5) is 27.1. The van der Waals surface area contributed by atoms with Gasteiger partial charge in [0.1, 0.15) is 6.10 Å². The fraction of sp³-hybridized carbons (Fsp3) is 0.462. The van der Waals surface area contributed by atoms with E-state index in [1.54, 1.807) is 18.3 Å². The molecular formula is C13H17N3O3. The Balaban J connectivity index is 1.64. The van der Waals surface area contributed by atoms with E-state index < -0.39 is 0 Å². The van der Waals surface area contributed by atoms with Crippen molar-refractivity contribution in [1.29, 1.82) is 0 Å². The van der Waals surface area contributed by atoms with E-state index in [2.05, 4.69) is 15.6 Å². The zero-order valence-electron chi connectivity index (χ0n) is 10.6. The van der Waals surface area contributed by atoms with Crippen molar-refractivity contribution in [3.8, 4) is 0 Å². The fourth-order valence-corrected chi connectivity index (χ4v) is 1.86. The van der Waals surface area contributed by atoms with Gasteiger partial charge < -0.3 is 15.4 Å². The standard InChI is InChI=1S/C13H17N3O3/c17-12(10-3-1-5-14-9-10)15-6-7-16-13(18)11-4-2-8-19-11/h1,3,5,9,11H,2,4,6-8H2,(H,15,17)(H,16,18). The molecule has 2 heterocycles. The average molecular weight is 263 g/mol. The van der Waals surface area contributed by atoms with Gasteiger partial charge in [0.15, 0.2) is 0 Å².